The van der Waals surface area contributed by atoms with Gasteiger partial charge in [0.15, 0.2) is 0 Å². The molecule has 0 amide bonds. The highest BCUT2D eigenvalue weighted by Gasteiger charge is 2.23. The number of aliphatic hydroxyl groups is 1. The fourth-order valence-corrected chi connectivity index (χ4v) is 2.27. The van der Waals surface area contributed by atoms with Crippen LogP contribution in [-0.4, -0.2) is 35.3 Å². The maximum absolute atomic E-state index is 9.86. The zero-order valence-electron chi connectivity index (χ0n) is 10.7. The van der Waals surface area contributed by atoms with Gasteiger partial charge < -0.3 is 15.7 Å². The van der Waals surface area contributed by atoms with Crippen molar-refractivity contribution in [1.82, 2.24) is 10.3 Å². The van der Waals surface area contributed by atoms with Crippen LogP contribution in [0.1, 0.15) is 23.2 Å². The monoisotopic (exact) mass is 246 g/mol. The van der Waals surface area contributed by atoms with E-state index >= 15 is 0 Å². The molecule has 2 rings (SSSR count). The molecule has 0 aromatic carbocycles. The highest BCUT2D eigenvalue weighted by Crippen LogP contribution is 2.18. The number of piperidine rings is 1. The van der Waals surface area contributed by atoms with E-state index < -0.39 is 6.10 Å². The number of aliphatic hydroxyl groups excluding tert-OH is 1. The smallest absolute Gasteiger partial charge is 0.126 e. The highest BCUT2D eigenvalue weighted by atomic mass is 16.3. The van der Waals surface area contributed by atoms with E-state index in [9.17, 15) is 5.11 Å². The first-order valence-corrected chi connectivity index (χ1v) is 6.15. The van der Waals surface area contributed by atoms with E-state index in [4.69, 9.17) is 5.26 Å². The topological polar surface area (TPSA) is 81.0 Å². The van der Waals surface area contributed by atoms with Crippen molar-refractivity contribution in [3.05, 3.63) is 22.9 Å². The molecule has 5 heteroatoms. The first-order valence-electron chi connectivity index (χ1n) is 6.15. The number of nitrogens with one attached hydrogen (secondary N) is 2. The lowest BCUT2D eigenvalue weighted by atomic mass is 10.0. The predicted octanol–water partition coefficient (Wildman–Crippen LogP) is 0.705. The zero-order valence-corrected chi connectivity index (χ0v) is 10.7. The normalized spacial score (nSPS) is 23.4. The number of aryl methyl sites for hydroxylation is 2. The summed E-state index contributed by atoms with van der Waals surface area (Å²) in [5, 5.41) is 25.3. The van der Waals surface area contributed by atoms with Gasteiger partial charge in [0.1, 0.15) is 11.9 Å². The Bertz CT molecular complexity index is 457. The summed E-state index contributed by atoms with van der Waals surface area (Å²) in [5.41, 5.74) is 2.27. The largest absolute Gasteiger partial charge is 0.390 e. The molecule has 2 atom stereocenters. The molecular weight excluding hydrogens is 228 g/mol. The van der Waals surface area contributed by atoms with E-state index in [1.807, 2.05) is 19.9 Å². The molecule has 3 N–H and O–H groups in total. The van der Waals surface area contributed by atoms with Crippen molar-refractivity contribution >= 4 is 5.82 Å². The van der Waals surface area contributed by atoms with Gasteiger partial charge in [0.05, 0.1) is 23.4 Å². The van der Waals surface area contributed by atoms with Gasteiger partial charge in [-0.3, -0.25) is 0 Å². The number of hydrogen-bond donors (Lipinski definition) is 3. The van der Waals surface area contributed by atoms with E-state index in [0.717, 1.165) is 30.0 Å². The molecule has 1 aromatic rings. The van der Waals surface area contributed by atoms with Crippen LogP contribution in [0, 0.1) is 25.2 Å². The van der Waals surface area contributed by atoms with Gasteiger partial charge in [-0.15, -0.1) is 0 Å². The SMILES string of the molecule is Cc1cc(N[C@@H]2CCNC[C@H]2O)nc(C)c1C#N. The van der Waals surface area contributed by atoms with Crippen molar-refractivity contribution in [2.75, 3.05) is 18.4 Å². The maximum Gasteiger partial charge on any atom is 0.126 e. The highest BCUT2D eigenvalue weighted by molar-refractivity contribution is 5.49. The van der Waals surface area contributed by atoms with Crippen molar-refractivity contribution in [3.8, 4) is 6.07 Å². The molecule has 2 heterocycles. The van der Waals surface area contributed by atoms with Crippen molar-refractivity contribution < 1.29 is 5.11 Å². The Balaban J connectivity index is 2.17. The number of aromatic nitrogens is 1. The van der Waals surface area contributed by atoms with Crippen LogP contribution < -0.4 is 10.6 Å². The molecule has 1 aliphatic heterocycles. The van der Waals surface area contributed by atoms with Crippen molar-refractivity contribution in [1.29, 1.82) is 5.26 Å². The van der Waals surface area contributed by atoms with Crippen LogP contribution in [0.5, 0.6) is 0 Å². The van der Waals surface area contributed by atoms with Gasteiger partial charge in [-0.05, 0) is 38.4 Å². The third kappa shape index (κ3) is 2.61. The van der Waals surface area contributed by atoms with Crippen LogP contribution >= 0.6 is 0 Å². The molecule has 0 aliphatic carbocycles. The van der Waals surface area contributed by atoms with Crippen LogP contribution in [0.3, 0.4) is 0 Å². The van der Waals surface area contributed by atoms with E-state index in [-0.39, 0.29) is 6.04 Å². The summed E-state index contributed by atoms with van der Waals surface area (Å²) in [6.07, 6.45) is 0.456. The fourth-order valence-electron chi connectivity index (χ4n) is 2.27. The minimum Gasteiger partial charge on any atom is -0.390 e. The van der Waals surface area contributed by atoms with Crippen LogP contribution in [-0.2, 0) is 0 Å². The first kappa shape index (κ1) is 12.8. The average molecular weight is 246 g/mol. The lowest BCUT2D eigenvalue weighted by molar-refractivity contribution is 0.128. The van der Waals surface area contributed by atoms with Gasteiger partial charge in [-0.2, -0.15) is 5.26 Å². The second kappa shape index (κ2) is 5.34. The number of anilines is 1. The molecular formula is C13H18N4O. The van der Waals surface area contributed by atoms with E-state index in [2.05, 4.69) is 21.7 Å². The number of nitriles is 1. The van der Waals surface area contributed by atoms with Crippen molar-refractivity contribution in [3.63, 3.8) is 0 Å². The summed E-state index contributed by atoms with van der Waals surface area (Å²) < 4.78 is 0. The van der Waals surface area contributed by atoms with E-state index in [0.29, 0.717) is 12.1 Å². The number of nitrogens with zero attached hydrogens (tertiary/aromatic N) is 2. The summed E-state index contributed by atoms with van der Waals surface area (Å²) in [4.78, 5) is 4.37. The molecule has 1 aromatic heterocycles. The Morgan fingerprint density at radius 2 is 2.33 bits per heavy atom. The molecule has 0 unspecified atom stereocenters. The standard InChI is InChI=1S/C13H18N4O/c1-8-5-13(16-9(2)10(8)6-14)17-11-3-4-15-7-12(11)18/h5,11-12,15,18H,3-4,7H2,1-2H3,(H,16,17)/t11-,12-/m1/s1. The Labute approximate surface area is 107 Å². The molecule has 0 bridgehead atoms. The summed E-state index contributed by atoms with van der Waals surface area (Å²) in [6.45, 7) is 5.22. The maximum atomic E-state index is 9.86. The van der Waals surface area contributed by atoms with Crippen LogP contribution in [0.25, 0.3) is 0 Å². The predicted molar refractivity (Wildman–Crippen MR) is 69.3 cm³/mol. The van der Waals surface area contributed by atoms with Gasteiger partial charge in [0.2, 0.25) is 0 Å². The zero-order chi connectivity index (χ0) is 13.1. The van der Waals surface area contributed by atoms with Crippen LogP contribution in [0.2, 0.25) is 0 Å². The molecule has 18 heavy (non-hydrogen) atoms. The molecule has 96 valence electrons. The number of β-amino-alcohol motifs (C(OH)–C–C–N with tert-alkyl or cyclic N) is 1. The molecule has 1 fully saturated rings. The van der Waals surface area contributed by atoms with Gasteiger partial charge in [0.25, 0.3) is 0 Å². The number of rotatable bonds is 2. The number of hydrogen-bond acceptors (Lipinski definition) is 5. The lowest BCUT2D eigenvalue weighted by Crippen LogP contribution is -2.47. The van der Waals surface area contributed by atoms with Crippen molar-refractivity contribution in [2.45, 2.75) is 32.4 Å². The minimum absolute atomic E-state index is 0.0190. The molecule has 0 saturated carbocycles. The third-order valence-electron chi connectivity index (χ3n) is 3.29. The average Bonchev–Trinajstić information content (AvgIpc) is 2.32. The van der Waals surface area contributed by atoms with Gasteiger partial charge in [-0.25, -0.2) is 4.98 Å². The van der Waals surface area contributed by atoms with Crippen LogP contribution in [0.4, 0.5) is 5.82 Å². The Kier molecular flexibility index (Phi) is 3.80. The van der Waals surface area contributed by atoms with Crippen molar-refractivity contribution in [2.24, 2.45) is 0 Å². The lowest BCUT2D eigenvalue weighted by Gasteiger charge is -2.29. The summed E-state index contributed by atoms with van der Waals surface area (Å²) in [5.74, 6) is 0.731. The summed E-state index contributed by atoms with van der Waals surface area (Å²) in [6, 6.07) is 4.03. The molecule has 1 saturated heterocycles. The van der Waals surface area contributed by atoms with E-state index in [1.54, 1.807) is 0 Å². The Morgan fingerprint density at radius 3 is 2.94 bits per heavy atom. The quantitative estimate of drug-likeness (QED) is 0.716. The second-order valence-electron chi connectivity index (χ2n) is 4.71. The Morgan fingerprint density at radius 1 is 1.56 bits per heavy atom. The minimum atomic E-state index is -0.406. The van der Waals surface area contributed by atoms with Crippen LogP contribution in [0.15, 0.2) is 6.07 Å². The van der Waals surface area contributed by atoms with Gasteiger partial charge in [-0.1, -0.05) is 0 Å². The summed E-state index contributed by atoms with van der Waals surface area (Å²) >= 11 is 0. The van der Waals surface area contributed by atoms with Gasteiger partial charge in [0, 0.05) is 6.54 Å². The Hall–Kier alpha value is -1.64. The fraction of sp³-hybridized carbons (Fsp3) is 0.538. The van der Waals surface area contributed by atoms with Gasteiger partial charge >= 0.3 is 0 Å². The second-order valence-corrected chi connectivity index (χ2v) is 4.71. The molecule has 5 nitrogen and oxygen atoms in total. The van der Waals surface area contributed by atoms with E-state index in [1.165, 1.54) is 0 Å². The summed E-state index contributed by atoms with van der Waals surface area (Å²) in [7, 11) is 0. The molecule has 1 aliphatic rings. The third-order valence-corrected chi connectivity index (χ3v) is 3.29. The first-order chi connectivity index (χ1) is 8.61. The number of pyridine rings is 1. The molecule has 0 spiro atoms. The molecule has 0 radical (unpaired) electrons.